The quantitative estimate of drug-likeness (QED) is 0.768. The van der Waals surface area contributed by atoms with Crippen molar-refractivity contribution in [2.75, 3.05) is 25.0 Å². The predicted octanol–water partition coefficient (Wildman–Crippen LogP) is 4.36. The number of fused-ring (bicyclic) bond motifs is 1. The van der Waals surface area contributed by atoms with Crippen molar-refractivity contribution < 1.29 is 14.3 Å². The molecule has 2 saturated heterocycles. The van der Waals surface area contributed by atoms with Gasteiger partial charge in [-0.2, -0.15) is 0 Å². The van der Waals surface area contributed by atoms with Gasteiger partial charge in [0.25, 0.3) is 5.91 Å². The summed E-state index contributed by atoms with van der Waals surface area (Å²) in [6.45, 7) is 2.86. The SMILES string of the molecule is O=C(Nc1ccc(C(=O)OC[C@H]2CCCN3CCCC[C@H]23)cc1)c1ccccc1. The Morgan fingerprint density at radius 2 is 1.66 bits per heavy atom. The zero-order chi connectivity index (χ0) is 20.1. The molecule has 2 aliphatic heterocycles. The summed E-state index contributed by atoms with van der Waals surface area (Å²) in [5, 5.41) is 2.84. The summed E-state index contributed by atoms with van der Waals surface area (Å²) < 4.78 is 5.65. The highest BCUT2D eigenvalue weighted by Crippen LogP contribution is 2.31. The van der Waals surface area contributed by atoms with Gasteiger partial charge in [-0.3, -0.25) is 9.69 Å². The largest absolute Gasteiger partial charge is 0.462 e. The third kappa shape index (κ3) is 4.85. The van der Waals surface area contributed by atoms with Crippen LogP contribution < -0.4 is 5.32 Å². The Hall–Kier alpha value is -2.66. The van der Waals surface area contributed by atoms with Crippen molar-refractivity contribution in [3.8, 4) is 0 Å². The number of rotatable bonds is 5. The number of carbonyl (C=O) groups is 2. The van der Waals surface area contributed by atoms with Gasteiger partial charge in [-0.15, -0.1) is 0 Å². The van der Waals surface area contributed by atoms with Gasteiger partial charge in [0.1, 0.15) is 0 Å². The maximum Gasteiger partial charge on any atom is 0.338 e. The molecule has 2 aromatic rings. The molecule has 5 nitrogen and oxygen atoms in total. The predicted molar refractivity (Wildman–Crippen MR) is 113 cm³/mol. The molecule has 0 bridgehead atoms. The monoisotopic (exact) mass is 392 g/mol. The van der Waals surface area contributed by atoms with Gasteiger partial charge in [0.2, 0.25) is 0 Å². The molecule has 0 spiro atoms. The number of amides is 1. The third-order valence-electron chi connectivity index (χ3n) is 6.07. The van der Waals surface area contributed by atoms with Crippen LogP contribution in [0.25, 0.3) is 0 Å². The fourth-order valence-corrected chi connectivity index (χ4v) is 4.52. The third-order valence-corrected chi connectivity index (χ3v) is 6.07. The van der Waals surface area contributed by atoms with Crippen molar-refractivity contribution in [2.45, 2.75) is 38.1 Å². The topological polar surface area (TPSA) is 58.6 Å². The van der Waals surface area contributed by atoms with Crippen LogP contribution in [-0.2, 0) is 4.74 Å². The van der Waals surface area contributed by atoms with E-state index in [-0.39, 0.29) is 11.9 Å². The Morgan fingerprint density at radius 3 is 2.45 bits per heavy atom. The lowest BCUT2D eigenvalue weighted by Crippen LogP contribution is -2.49. The Labute approximate surface area is 172 Å². The molecule has 152 valence electrons. The van der Waals surface area contributed by atoms with E-state index in [1.165, 1.54) is 38.8 Å². The van der Waals surface area contributed by atoms with Crippen LogP contribution in [0.3, 0.4) is 0 Å². The normalized spacial score (nSPS) is 21.8. The first-order chi connectivity index (χ1) is 14.2. The summed E-state index contributed by atoms with van der Waals surface area (Å²) >= 11 is 0. The number of carbonyl (C=O) groups excluding carboxylic acids is 2. The fourth-order valence-electron chi connectivity index (χ4n) is 4.52. The Morgan fingerprint density at radius 1 is 0.897 bits per heavy atom. The second kappa shape index (κ2) is 9.23. The molecule has 2 fully saturated rings. The number of hydrogen-bond acceptors (Lipinski definition) is 4. The zero-order valence-electron chi connectivity index (χ0n) is 16.7. The highest BCUT2D eigenvalue weighted by molar-refractivity contribution is 6.04. The van der Waals surface area contributed by atoms with Crippen LogP contribution in [0.1, 0.15) is 52.8 Å². The summed E-state index contributed by atoms with van der Waals surface area (Å²) in [5.74, 6) is -0.0217. The minimum Gasteiger partial charge on any atom is -0.462 e. The first-order valence-electron chi connectivity index (χ1n) is 10.6. The number of benzene rings is 2. The van der Waals surface area contributed by atoms with Gasteiger partial charge < -0.3 is 10.1 Å². The van der Waals surface area contributed by atoms with Gasteiger partial charge in [0, 0.05) is 23.2 Å². The van der Waals surface area contributed by atoms with Crippen molar-refractivity contribution >= 4 is 17.6 Å². The highest BCUT2D eigenvalue weighted by Gasteiger charge is 2.33. The number of ether oxygens (including phenoxy) is 1. The molecule has 0 radical (unpaired) electrons. The molecule has 2 heterocycles. The molecule has 2 atom stereocenters. The maximum atomic E-state index is 12.5. The molecule has 5 heteroatoms. The van der Waals surface area contributed by atoms with Crippen LogP contribution in [0.2, 0.25) is 0 Å². The number of anilines is 1. The number of piperidine rings is 2. The van der Waals surface area contributed by atoms with Gasteiger partial charge >= 0.3 is 5.97 Å². The number of nitrogens with one attached hydrogen (secondary N) is 1. The molecule has 1 N–H and O–H groups in total. The molecular formula is C24H28N2O3. The second-order valence-electron chi connectivity index (χ2n) is 8.00. The lowest BCUT2D eigenvalue weighted by Gasteiger charge is -2.44. The van der Waals surface area contributed by atoms with Crippen LogP contribution in [0.5, 0.6) is 0 Å². The lowest BCUT2D eigenvalue weighted by atomic mass is 9.84. The minimum absolute atomic E-state index is 0.171. The van der Waals surface area contributed by atoms with Gasteiger partial charge in [0.05, 0.1) is 12.2 Å². The van der Waals surface area contributed by atoms with E-state index in [1.807, 2.05) is 18.2 Å². The van der Waals surface area contributed by atoms with E-state index in [2.05, 4.69) is 10.2 Å². The van der Waals surface area contributed by atoms with Crippen molar-refractivity contribution in [1.29, 1.82) is 0 Å². The molecular weight excluding hydrogens is 364 g/mol. The number of nitrogens with zero attached hydrogens (tertiary/aromatic N) is 1. The number of esters is 1. The van der Waals surface area contributed by atoms with E-state index in [0.29, 0.717) is 35.4 Å². The van der Waals surface area contributed by atoms with E-state index in [1.54, 1.807) is 36.4 Å². The van der Waals surface area contributed by atoms with Crippen molar-refractivity contribution in [1.82, 2.24) is 4.90 Å². The Kier molecular flexibility index (Phi) is 6.25. The van der Waals surface area contributed by atoms with Crippen molar-refractivity contribution in [3.63, 3.8) is 0 Å². The molecule has 0 unspecified atom stereocenters. The summed E-state index contributed by atoms with van der Waals surface area (Å²) in [5.41, 5.74) is 1.76. The lowest BCUT2D eigenvalue weighted by molar-refractivity contribution is 0.00739. The zero-order valence-corrected chi connectivity index (χ0v) is 16.7. The Balaban J connectivity index is 1.30. The maximum absolute atomic E-state index is 12.5. The van der Waals surface area contributed by atoms with E-state index < -0.39 is 0 Å². The summed E-state index contributed by atoms with van der Waals surface area (Å²) in [7, 11) is 0. The molecule has 0 saturated carbocycles. The van der Waals surface area contributed by atoms with E-state index in [4.69, 9.17) is 4.74 Å². The van der Waals surface area contributed by atoms with Gasteiger partial charge in [-0.05, 0) is 75.2 Å². The molecule has 2 aliphatic rings. The highest BCUT2D eigenvalue weighted by atomic mass is 16.5. The average Bonchev–Trinajstić information content (AvgIpc) is 2.78. The first-order valence-corrected chi connectivity index (χ1v) is 10.6. The minimum atomic E-state index is -0.293. The van der Waals surface area contributed by atoms with E-state index >= 15 is 0 Å². The van der Waals surface area contributed by atoms with Crippen LogP contribution >= 0.6 is 0 Å². The summed E-state index contributed by atoms with van der Waals surface area (Å²) in [6.07, 6.45) is 6.11. The second-order valence-corrected chi connectivity index (χ2v) is 8.00. The molecule has 0 aromatic heterocycles. The molecule has 4 rings (SSSR count). The molecule has 2 aromatic carbocycles. The van der Waals surface area contributed by atoms with Crippen molar-refractivity contribution in [3.05, 3.63) is 65.7 Å². The molecule has 0 aliphatic carbocycles. The smallest absolute Gasteiger partial charge is 0.338 e. The average molecular weight is 392 g/mol. The van der Waals surface area contributed by atoms with Crippen LogP contribution in [0, 0.1) is 5.92 Å². The van der Waals surface area contributed by atoms with Gasteiger partial charge in [-0.1, -0.05) is 24.6 Å². The van der Waals surface area contributed by atoms with Crippen LogP contribution in [0.15, 0.2) is 54.6 Å². The summed E-state index contributed by atoms with van der Waals surface area (Å²) in [6, 6.07) is 16.5. The fraction of sp³-hybridized carbons (Fsp3) is 0.417. The van der Waals surface area contributed by atoms with Gasteiger partial charge in [-0.25, -0.2) is 4.79 Å². The Bertz CT molecular complexity index is 833. The van der Waals surface area contributed by atoms with Crippen LogP contribution in [0.4, 0.5) is 5.69 Å². The number of hydrogen-bond donors (Lipinski definition) is 1. The van der Waals surface area contributed by atoms with E-state index in [0.717, 1.165) is 6.42 Å². The standard InChI is InChI=1S/C24H28N2O3/c27-23(18-7-2-1-3-8-18)25-21-13-11-19(12-14-21)24(28)29-17-20-9-6-16-26-15-5-4-10-22(20)26/h1-3,7-8,11-14,20,22H,4-6,9-10,15-17H2,(H,25,27)/t20-,22-/m1/s1. The molecule has 29 heavy (non-hydrogen) atoms. The van der Waals surface area contributed by atoms with Gasteiger partial charge in [0.15, 0.2) is 0 Å². The summed E-state index contributed by atoms with van der Waals surface area (Å²) in [4.78, 5) is 27.3. The molecule has 1 amide bonds. The van der Waals surface area contributed by atoms with Crippen molar-refractivity contribution in [2.24, 2.45) is 5.92 Å². The first kappa shape index (κ1) is 19.6. The van der Waals surface area contributed by atoms with Crippen LogP contribution in [-0.4, -0.2) is 42.5 Å². The van der Waals surface area contributed by atoms with E-state index in [9.17, 15) is 9.59 Å².